The Morgan fingerprint density at radius 3 is 2.38 bits per heavy atom. The zero-order valence-corrected chi connectivity index (χ0v) is 12.3. The maximum Gasteiger partial charge on any atom is 0.327 e. The predicted molar refractivity (Wildman–Crippen MR) is 78.7 cm³/mol. The van der Waals surface area contributed by atoms with E-state index >= 15 is 0 Å². The van der Waals surface area contributed by atoms with Gasteiger partial charge in [0.25, 0.3) is 0 Å². The van der Waals surface area contributed by atoms with Gasteiger partial charge in [-0.1, -0.05) is 36.8 Å². The monoisotopic (exact) mass is 287 g/mol. The Labute approximate surface area is 125 Å². The van der Waals surface area contributed by atoms with Gasteiger partial charge in [0, 0.05) is 24.9 Å². The van der Waals surface area contributed by atoms with Crippen molar-refractivity contribution in [3.63, 3.8) is 0 Å². The number of Topliss-reactive ketones (excluding diaryl/α,β-unsaturated/α-hetero) is 1. The van der Waals surface area contributed by atoms with E-state index in [1.54, 1.807) is 0 Å². The van der Waals surface area contributed by atoms with Gasteiger partial charge in [0.2, 0.25) is 0 Å². The number of nitrogens with zero attached hydrogens (tertiary/aromatic N) is 1. The van der Waals surface area contributed by atoms with Gasteiger partial charge in [0.1, 0.15) is 11.8 Å². The maximum atomic E-state index is 12.4. The Hall–Kier alpha value is -1.68. The maximum absolute atomic E-state index is 12.4. The van der Waals surface area contributed by atoms with E-state index in [1.165, 1.54) is 7.11 Å². The van der Waals surface area contributed by atoms with Gasteiger partial charge in [-0.2, -0.15) is 0 Å². The number of methoxy groups -OCH3 is 1. The lowest BCUT2D eigenvalue weighted by atomic mass is 9.81. The van der Waals surface area contributed by atoms with Crippen molar-refractivity contribution >= 4 is 11.8 Å². The first-order valence-corrected chi connectivity index (χ1v) is 7.62. The van der Waals surface area contributed by atoms with Crippen LogP contribution in [0.15, 0.2) is 30.3 Å². The average molecular weight is 287 g/mol. The lowest BCUT2D eigenvalue weighted by Gasteiger charge is -2.48. The summed E-state index contributed by atoms with van der Waals surface area (Å²) in [6, 6.07) is 9.72. The molecular formula is C17H21NO3. The molecule has 1 aromatic rings. The van der Waals surface area contributed by atoms with Crippen LogP contribution in [0, 0.1) is 0 Å². The van der Waals surface area contributed by atoms with E-state index in [4.69, 9.17) is 4.74 Å². The summed E-state index contributed by atoms with van der Waals surface area (Å²) in [7, 11) is 1.43. The van der Waals surface area contributed by atoms with Crippen LogP contribution in [-0.2, 0) is 14.3 Å². The fourth-order valence-electron chi connectivity index (χ4n) is 3.81. The molecule has 21 heavy (non-hydrogen) atoms. The van der Waals surface area contributed by atoms with Crippen LogP contribution in [0.4, 0.5) is 0 Å². The molecule has 112 valence electrons. The highest BCUT2D eigenvalue weighted by atomic mass is 16.5. The van der Waals surface area contributed by atoms with Crippen molar-refractivity contribution in [2.24, 2.45) is 0 Å². The fourth-order valence-corrected chi connectivity index (χ4v) is 3.81. The third kappa shape index (κ3) is 2.72. The molecule has 0 spiro atoms. The fraction of sp³-hybridized carbons (Fsp3) is 0.529. The van der Waals surface area contributed by atoms with Crippen molar-refractivity contribution in [2.75, 3.05) is 7.11 Å². The molecule has 2 fully saturated rings. The minimum atomic E-state index is -0.389. The lowest BCUT2D eigenvalue weighted by molar-refractivity contribution is -0.154. The highest BCUT2D eigenvalue weighted by molar-refractivity contribution is 5.82. The molecule has 0 aromatic heterocycles. The third-order valence-electron chi connectivity index (χ3n) is 4.68. The number of esters is 1. The highest BCUT2D eigenvalue weighted by Gasteiger charge is 2.44. The smallest absolute Gasteiger partial charge is 0.327 e. The minimum Gasteiger partial charge on any atom is -0.468 e. The standard InChI is InChI=1S/C17H21NO3/c1-21-17(20)16(12-6-3-2-4-7-12)18-13-8-5-9-14(18)11-15(19)10-13/h2-4,6-7,13-14,16H,5,8-11H2,1H3. The molecule has 0 radical (unpaired) electrons. The van der Waals surface area contributed by atoms with E-state index in [-0.39, 0.29) is 24.1 Å². The summed E-state index contributed by atoms with van der Waals surface area (Å²) >= 11 is 0. The van der Waals surface area contributed by atoms with Crippen molar-refractivity contribution in [2.45, 2.75) is 50.2 Å². The van der Waals surface area contributed by atoms with Crippen LogP contribution >= 0.6 is 0 Å². The summed E-state index contributed by atoms with van der Waals surface area (Å²) in [6.07, 6.45) is 4.25. The molecule has 2 saturated heterocycles. The number of carbonyl (C=O) groups is 2. The first-order valence-electron chi connectivity index (χ1n) is 7.62. The molecule has 0 aliphatic carbocycles. The highest BCUT2D eigenvalue weighted by Crippen LogP contribution is 2.39. The number of rotatable bonds is 3. The van der Waals surface area contributed by atoms with E-state index in [0.717, 1.165) is 24.8 Å². The van der Waals surface area contributed by atoms with E-state index in [1.807, 2.05) is 30.3 Å². The summed E-state index contributed by atoms with van der Waals surface area (Å²) in [4.78, 5) is 26.5. The van der Waals surface area contributed by atoms with Gasteiger partial charge < -0.3 is 4.74 Å². The van der Waals surface area contributed by atoms with Gasteiger partial charge in [0.05, 0.1) is 7.11 Å². The second-order valence-corrected chi connectivity index (χ2v) is 5.97. The molecule has 1 aromatic carbocycles. The quantitative estimate of drug-likeness (QED) is 0.801. The van der Waals surface area contributed by atoms with Gasteiger partial charge in [-0.25, -0.2) is 4.79 Å². The largest absolute Gasteiger partial charge is 0.468 e. The summed E-state index contributed by atoms with van der Waals surface area (Å²) < 4.78 is 5.05. The number of hydrogen-bond acceptors (Lipinski definition) is 4. The average Bonchev–Trinajstić information content (AvgIpc) is 2.49. The van der Waals surface area contributed by atoms with Gasteiger partial charge >= 0.3 is 5.97 Å². The number of ketones is 1. The van der Waals surface area contributed by atoms with E-state index < -0.39 is 0 Å². The molecule has 3 rings (SSSR count). The molecule has 2 aliphatic heterocycles. The molecule has 2 bridgehead atoms. The molecule has 4 nitrogen and oxygen atoms in total. The van der Waals surface area contributed by atoms with Crippen LogP contribution in [0.25, 0.3) is 0 Å². The van der Waals surface area contributed by atoms with Crippen LogP contribution in [0.2, 0.25) is 0 Å². The Morgan fingerprint density at radius 1 is 1.19 bits per heavy atom. The SMILES string of the molecule is COC(=O)C(c1ccccc1)N1C2CCCC1CC(=O)C2. The van der Waals surface area contributed by atoms with Crippen LogP contribution in [-0.4, -0.2) is 35.8 Å². The van der Waals surface area contributed by atoms with Gasteiger partial charge in [-0.3, -0.25) is 9.69 Å². The molecule has 0 saturated carbocycles. The Kier molecular flexibility index (Phi) is 4.06. The second kappa shape index (κ2) is 5.98. The molecule has 0 amide bonds. The van der Waals surface area contributed by atoms with Crippen LogP contribution in [0.3, 0.4) is 0 Å². The predicted octanol–water partition coefficient (Wildman–Crippen LogP) is 2.49. The van der Waals surface area contributed by atoms with Crippen molar-refractivity contribution in [3.05, 3.63) is 35.9 Å². The number of fused-ring (bicyclic) bond motifs is 2. The molecule has 3 unspecified atom stereocenters. The number of carbonyl (C=O) groups excluding carboxylic acids is 2. The van der Waals surface area contributed by atoms with Crippen molar-refractivity contribution < 1.29 is 14.3 Å². The topological polar surface area (TPSA) is 46.6 Å². The number of piperidine rings is 2. The van der Waals surface area contributed by atoms with Crippen LogP contribution in [0.1, 0.15) is 43.7 Å². The Balaban J connectivity index is 1.96. The number of benzene rings is 1. The normalized spacial score (nSPS) is 27.2. The minimum absolute atomic E-state index is 0.175. The molecule has 0 N–H and O–H groups in total. The van der Waals surface area contributed by atoms with E-state index in [0.29, 0.717) is 18.6 Å². The molecule has 3 atom stereocenters. The van der Waals surface area contributed by atoms with Crippen molar-refractivity contribution in [1.29, 1.82) is 0 Å². The third-order valence-corrected chi connectivity index (χ3v) is 4.68. The van der Waals surface area contributed by atoms with Gasteiger partial charge in [-0.05, 0) is 18.4 Å². The summed E-state index contributed by atoms with van der Waals surface area (Å²) in [5.74, 6) is 0.102. The molecule has 4 heteroatoms. The Bertz CT molecular complexity index is 512. The van der Waals surface area contributed by atoms with E-state index in [2.05, 4.69) is 4.90 Å². The summed E-state index contributed by atoms with van der Waals surface area (Å²) in [6.45, 7) is 0. The molecular weight excluding hydrogens is 266 g/mol. The number of ether oxygens (including phenoxy) is 1. The second-order valence-electron chi connectivity index (χ2n) is 5.97. The summed E-state index contributed by atoms with van der Waals surface area (Å²) in [5, 5.41) is 0. The van der Waals surface area contributed by atoms with Gasteiger partial charge in [0.15, 0.2) is 0 Å². The Morgan fingerprint density at radius 2 is 1.81 bits per heavy atom. The molecule has 2 heterocycles. The van der Waals surface area contributed by atoms with Crippen molar-refractivity contribution in [1.82, 2.24) is 4.90 Å². The zero-order valence-electron chi connectivity index (χ0n) is 12.3. The van der Waals surface area contributed by atoms with Gasteiger partial charge in [-0.15, -0.1) is 0 Å². The van der Waals surface area contributed by atoms with E-state index in [9.17, 15) is 9.59 Å². The summed E-state index contributed by atoms with van der Waals surface area (Å²) in [5.41, 5.74) is 0.954. The molecule has 2 aliphatic rings. The van der Waals surface area contributed by atoms with Crippen molar-refractivity contribution in [3.8, 4) is 0 Å². The lowest BCUT2D eigenvalue weighted by Crippen LogP contribution is -2.55. The zero-order chi connectivity index (χ0) is 14.8. The van der Waals surface area contributed by atoms with Crippen LogP contribution in [0.5, 0.6) is 0 Å². The first kappa shape index (κ1) is 14.3. The first-order chi connectivity index (χ1) is 10.2. The number of hydrogen-bond donors (Lipinski definition) is 0. The van der Waals surface area contributed by atoms with Crippen LogP contribution < -0.4 is 0 Å².